The fourth-order valence-corrected chi connectivity index (χ4v) is 3.40. The molecule has 198 valence electrons. The molecule has 0 amide bonds. The van der Waals surface area contributed by atoms with Crippen LogP contribution >= 0.6 is 0 Å². The lowest BCUT2D eigenvalue weighted by Gasteiger charge is -2.44. The summed E-state index contributed by atoms with van der Waals surface area (Å²) in [6.45, 7) is 3.75. The summed E-state index contributed by atoms with van der Waals surface area (Å²) >= 11 is 0. The van der Waals surface area contributed by atoms with Gasteiger partial charge in [-0.1, -0.05) is 5.21 Å². The Morgan fingerprint density at radius 2 is 1.31 bits per heavy atom. The SMILES string of the molecule is COC(=O)c1nnn(C2OC(COC(C)=O)C(OC(C)=O)C(OC(C)=O)C2OC(C)=O)c1C(=O)OC. The molecule has 0 aromatic carbocycles. The largest absolute Gasteiger partial charge is 0.464 e. The monoisotopic (exact) mass is 515 g/mol. The van der Waals surface area contributed by atoms with Gasteiger partial charge in [-0.05, 0) is 0 Å². The number of esters is 6. The summed E-state index contributed by atoms with van der Waals surface area (Å²) in [5.41, 5.74) is -1.11. The lowest BCUT2D eigenvalue weighted by Crippen LogP contribution is -2.61. The fourth-order valence-electron chi connectivity index (χ4n) is 3.40. The Bertz CT molecular complexity index is 1040. The average molecular weight is 515 g/mol. The van der Waals surface area contributed by atoms with E-state index in [9.17, 15) is 28.8 Å². The Morgan fingerprint density at radius 3 is 1.81 bits per heavy atom. The predicted octanol–water partition coefficient (Wildman–Crippen LogP) is -0.893. The van der Waals surface area contributed by atoms with Gasteiger partial charge in [0.2, 0.25) is 5.69 Å². The molecule has 1 aromatic rings. The van der Waals surface area contributed by atoms with Crippen molar-refractivity contribution in [3.05, 3.63) is 11.4 Å². The maximum Gasteiger partial charge on any atom is 0.361 e. The quantitative estimate of drug-likeness (QED) is 0.305. The van der Waals surface area contributed by atoms with Crippen LogP contribution in [-0.2, 0) is 52.3 Å². The third-order valence-electron chi connectivity index (χ3n) is 4.66. The van der Waals surface area contributed by atoms with Crippen LogP contribution in [0, 0.1) is 0 Å². The summed E-state index contributed by atoms with van der Waals surface area (Å²) < 4.78 is 36.9. The molecule has 1 aliphatic rings. The molecule has 5 unspecified atom stereocenters. The molecular formula is C20H25N3O13. The number of hydrogen-bond acceptors (Lipinski definition) is 15. The van der Waals surface area contributed by atoms with Crippen molar-refractivity contribution in [2.45, 2.75) is 58.3 Å². The van der Waals surface area contributed by atoms with Crippen LogP contribution in [0.15, 0.2) is 0 Å². The van der Waals surface area contributed by atoms with Crippen molar-refractivity contribution in [1.29, 1.82) is 0 Å². The van der Waals surface area contributed by atoms with Crippen LogP contribution in [0.5, 0.6) is 0 Å². The third kappa shape index (κ3) is 6.53. The summed E-state index contributed by atoms with van der Waals surface area (Å²) in [5, 5.41) is 7.39. The Balaban J connectivity index is 2.73. The highest BCUT2D eigenvalue weighted by Gasteiger charge is 2.54. The zero-order valence-corrected chi connectivity index (χ0v) is 20.2. The van der Waals surface area contributed by atoms with Gasteiger partial charge in [0.15, 0.2) is 30.2 Å². The van der Waals surface area contributed by atoms with E-state index in [1.165, 1.54) is 0 Å². The standard InChI is InChI=1S/C20H25N3O13/c1-8(24)32-7-12-15(33-9(2)25)16(34-10(3)26)17(35-11(4)27)18(36-12)23-14(20(29)31-6)13(21-22-23)19(28)30-5/h12,15-18H,7H2,1-6H3. The Morgan fingerprint density at radius 1 is 0.778 bits per heavy atom. The van der Waals surface area contributed by atoms with Crippen LogP contribution in [0.4, 0.5) is 0 Å². The van der Waals surface area contributed by atoms with Gasteiger partial charge in [-0.2, -0.15) is 0 Å². The zero-order valence-electron chi connectivity index (χ0n) is 20.2. The summed E-state index contributed by atoms with van der Waals surface area (Å²) in [5.74, 6) is -5.41. The van der Waals surface area contributed by atoms with E-state index in [0.29, 0.717) is 0 Å². The van der Waals surface area contributed by atoms with Crippen molar-refractivity contribution >= 4 is 35.8 Å². The number of carbonyl (C=O) groups is 6. The Labute approximate surface area is 204 Å². The molecule has 1 aliphatic heterocycles. The summed E-state index contributed by atoms with van der Waals surface area (Å²) in [6, 6.07) is 0. The number of nitrogens with zero attached hydrogens (tertiary/aromatic N) is 3. The molecule has 36 heavy (non-hydrogen) atoms. The smallest absolute Gasteiger partial charge is 0.361 e. The number of hydrogen-bond donors (Lipinski definition) is 0. The van der Waals surface area contributed by atoms with E-state index in [1.54, 1.807) is 0 Å². The second kappa shape index (κ2) is 12.1. The number of rotatable bonds is 8. The van der Waals surface area contributed by atoms with Gasteiger partial charge >= 0.3 is 35.8 Å². The highest BCUT2D eigenvalue weighted by Crippen LogP contribution is 2.35. The Kier molecular flexibility index (Phi) is 9.43. The topological polar surface area (TPSA) is 198 Å². The maximum atomic E-state index is 12.6. The molecule has 16 nitrogen and oxygen atoms in total. The van der Waals surface area contributed by atoms with E-state index >= 15 is 0 Å². The van der Waals surface area contributed by atoms with Gasteiger partial charge in [0.25, 0.3) is 0 Å². The molecule has 5 atom stereocenters. The van der Waals surface area contributed by atoms with Crippen LogP contribution in [0.3, 0.4) is 0 Å². The number of methoxy groups -OCH3 is 2. The zero-order chi connectivity index (χ0) is 27.2. The summed E-state index contributed by atoms with van der Waals surface area (Å²) in [4.78, 5) is 71.9. The van der Waals surface area contributed by atoms with Crippen LogP contribution < -0.4 is 0 Å². The molecule has 1 fully saturated rings. The van der Waals surface area contributed by atoms with Crippen molar-refractivity contribution in [3.63, 3.8) is 0 Å². The maximum absolute atomic E-state index is 12.6. The van der Waals surface area contributed by atoms with Crippen LogP contribution in [0.2, 0.25) is 0 Å². The van der Waals surface area contributed by atoms with Crippen molar-refractivity contribution in [2.75, 3.05) is 20.8 Å². The minimum absolute atomic E-state index is 0.513. The normalized spacial score (nSPS) is 23.1. The van der Waals surface area contributed by atoms with E-state index in [1.807, 2.05) is 0 Å². The Hall–Kier alpha value is -4.08. The first kappa shape index (κ1) is 28.2. The summed E-state index contributed by atoms with van der Waals surface area (Å²) in [7, 11) is 2.06. The molecule has 1 aromatic heterocycles. The molecule has 2 heterocycles. The second-order valence-electron chi connectivity index (χ2n) is 7.30. The van der Waals surface area contributed by atoms with Gasteiger partial charge in [0.05, 0.1) is 14.2 Å². The van der Waals surface area contributed by atoms with Gasteiger partial charge in [-0.25, -0.2) is 14.3 Å². The predicted molar refractivity (Wildman–Crippen MR) is 110 cm³/mol. The molecule has 1 saturated heterocycles. The molecule has 0 spiro atoms. The van der Waals surface area contributed by atoms with Gasteiger partial charge in [0.1, 0.15) is 12.7 Å². The number of aromatic nitrogens is 3. The van der Waals surface area contributed by atoms with E-state index in [0.717, 1.165) is 46.6 Å². The molecular weight excluding hydrogens is 490 g/mol. The number of ether oxygens (including phenoxy) is 7. The minimum Gasteiger partial charge on any atom is -0.464 e. The van der Waals surface area contributed by atoms with Crippen molar-refractivity contribution in [1.82, 2.24) is 15.0 Å². The van der Waals surface area contributed by atoms with E-state index in [2.05, 4.69) is 15.0 Å². The van der Waals surface area contributed by atoms with Crippen LogP contribution in [-0.4, -0.2) is 96.1 Å². The molecule has 0 radical (unpaired) electrons. The first-order valence-electron chi connectivity index (χ1n) is 10.3. The molecule has 2 rings (SSSR count). The molecule has 0 saturated carbocycles. The molecule has 0 N–H and O–H groups in total. The lowest BCUT2D eigenvalue weighted by atomic mass is 9.97. The van der Waals surface area contributed by atoms with Gasteiger partial charge in [-0.3, -0.25) is 19.2 Å². The van der Waals surface area contributed by atoms with Gasteiger partial charge < -0.3 is 33.2 Å². The third-order valence-corrected chi connectivity index (χ3v) is 4.66. The average Bonchev–Trinajstić information content (AvgIpc) is 3.23. The van der Waals surface area contributed by atoms with Gasteiger partial charge in [0, 0.05) is 27.7 Å². The minimum atomic E-state index is -1.62. The fraction of sp³-hybridized carbons (Fsp3) is 0.600. The highest BCUT2D eigenvalue weighted by atomic mass is 16.7. The molecule has 0 bridgehead atoms. The molecule has 16 heteroatoms. The van der Waals surface area contributed by atoms with Crippen LogP contribution in [0.25, 0.3) is 0 Å². The first-order chi connectivity index (χ1) is 16.9. The van der Waals surface area contributed by atoms with Crippen molar-refractivity contribution in [3.8, 4) is 0 Å². The number of carbonyl (C=O) groups excluding carboxylic acids is 6. The van der Waals surface area contributed by atoms with Crippen molar-refractivity contribution in [2.24, 2.45) is 0 Å². The second-order valence-corrected chi connectivity index (χ2v) is 7.30. The molecule has 0 aliphatic carbocycles. The van der Waals surface area contributed by atoms with Gasteiger partial charge in [-0.15, -0.1) is 5.10 Å². The van der Waals surface area contributed by atoms with E-state index < -0.39 is 84.5 Å². The lowest BCUT2D eigenvalue weighted by molar-refractivity contribution is -0.270. The van der Waals surface area contributed by atoms with E-state index in [-0.39, 0.29) is 0 Å². The van der Waals surface area contributed by atoms with E-state index in [4.69, 9.17) is 28.4 Å². The van der Waals surface area contributed by atoms with Crippen LogP contribution in [0.1, 0.15) is 54.9 Å². The van der Waals surface area contributed by atoms with Crippen molar-refractivity contribution < 1.29 is 61.9 Å². The summed E-state index contributed by atoms with van der Waals surface area (Å²) in [6.07, 6.45) is -7.51. The first-order valence-corrected chi connectivity index (χ1v) is 10.3. The highest BCUT2D eigenvalue weighted by molar-refractivity contribution is 6.00.